The molecule has 1 fully saturated rings. The molecule has 1 aliphatic heterocycles. The molecule has 0 spiro atoms. The Bertz CT molecular complexity index is 467. The monoisotopic (exact) mass is 289 g/mol. The summed E-state index contributed by atoms with van der Waals surface area (Å²) in [4.78, 5) is 2.51. The summed E-state index contributed by atoms with van der Waals surface area (Å²) in [5.41, 5.74) is 4.47. The molecule has 0 unspecified atom stereocenters. The molecule has 0 amide bonds. The minimum absolute atomic E-state index is 0.759. The maximum atomic E-state index is 5.87. The van der Waals surface area contributed by atoms with Gasteiger partial charge in [0.1, 0.15) is 5.75 Å². The third-order valence-corrected chi connectivity index (χ3v) is 4.60. The van der Waals surface area contributed by atoms with Crippen molar-refractivity contribution in [1.29, 1.82) is 0 Å². The normalized spacial score (nSPS) is 18.7. The number of hydrogen-bond donors (Lipinski definition) is 0. The highest BCUT2D eigenvalue weighted by atomic mass is 16.5. The van der Waals surface area contributed by atoms with Crippen LogP contribution in [-0.4, -0.2) is 44.4 Å². The summed E-state index contributed by atoms with van der Waals surface area (Å²) < 4.78 is 11.3. The number of aryl methyl sites for hydroxylation is 3. The molecule has 0 aromatic heterocycles. The SMILES string of the molecule is CCOc1cc2c(cc1CCCN1CCOCC1)CCC2. The van der Waals surface area contributed by atoms with E-state index in [0.717, 1.165) is 45.1 Å². The maximum Gasteiger partial charge on any atom is 0.122 e. The zero-order chi connectivity index (χ0) is 14.5. The molecule has 0 radical (unpaired) electrons. The molecule has 0 saturated carbocycles. The topological polar surface area (TPSA) is 21.7 Å². The Morgan fingerprint density at radius 2 is 1.90 bits per heavy atom. The first kappa shape index (κ1) is 14.9. The largest absolute Gasteiger partial charge is 0.494 e. The molecule has 1 aromatic carbocycles. The Kier molecular flexibility index (Phi) is 5.15. The summed E-state index contributed by atoms with van der Waals surface area (Å²) in [5, 5.41) is 0. The molecule has 0 N–H and O–H groups in total. The van der Waals surface area contributed by atoms with Crippen molar-refractivity contribution in [3.05, 3.63) is 28.8 Å². The van der Waals surface area contributed by atoms with Gasteiger partial charge in [-0.1, -0.05) is 6.07 Å². The molecule has 3 nitrogen and oxygen atoms in total. The second-order valence-corrected chi connectivity index (χ2v) is 6.07. The van der Waals surface area contributed by atoms with E-state index < -0.39 is 0 Å². The maximum absolute atomic E-state index is 5.87. The van der Waals surface area contributed by atoms with Gasteiger partial charge in [-0.25, -0.2) is 0 Å². The minimum atomic E-state index is 0.759. The Morgan fingerprint density at radius 3 is 2.67 bits per heavy atom. The van der Waals surface area contributed by atoms with Gasteiger partial charge in [0.25, 0.3) is 0 Å². The van der Waals surface area contributed by atoms with E-state index in [-0.39, 0.29) is 0 Å². The molecular formula is C18H27NO2. The molecular weight excluding hydrogens is 262 g/mol. The van der Waals surface area contributed by atoms with Crippen LogP contribution in [0.3, 0.4) is 0 Å². The quantitative estimate of drug-likeness (QED) is 0.804. The summed E-state index contributed by atoms with van der Waals surface area (Å²) >= 11 is 0. The molecule has 21 heavy (non-hydrogen) atoms. The number of hydrogen-bond acceptors (Lipinski definition) is 3. The van der Waals surface area contributed by atoms with Gasteiger partial charge in [-0.05, 0) is 68.3 Å². The van der Waals surface area contributed by atoms with E-state index in [1.165, 1.54) is 43.4 Å². The van der Waals surface area contributed by atoms with Crippen molar-refractivity contribution >= 4 is 0 Å². The second-order valence-electron chi connectivity index (χ2n) is 6.07. The number of rotatable bonds is 6. The summed E-state index contributed by atoms with van der Waals surface area (Å²) in [5.74, 6) is 1.13. The number of benzene rings is 1. The smallest absolute Gasteiger partial charge is 0.122 e. The molecule has 3 rings (SSSR count). The van der Waals surface area contributed by atoms with Gasteiger partial charge >= 0.3 is 0 Å². The van der Waals surface area contributed by atoms with Crippen LogP contribution < -0.4 is 4.74 Å². The average molecular weight is 289 g/mol. The highest BCUT2D eigenvalue weighted by molar-refractivity contribution is 5.45. The van der Waals surface area contributed by atoms with Crippen molar-refractivity contribution in [2.24, 2.45) is 0 Å². The van der Waals surface area contributed by atoms with E-state index in [4.69, 9.17) is 9.47 Å². The van der Waals surface area contributed by atoms with Crippen molar-refractivity contribution in [2.45, 2.75) is 39.0 Å². The van der Waals surface area contributed by atoms with E-state index in [0.29, 0.717) is 0 Å². The first-order valence-corrected chi connectivity index (χ1v) is 8.44. The van der Waals surface area contributed by atoms with Gasteiger partial charge in [-0.2, -0.15) is 0 Å². The summed E-state index contributed by atoms with van der Waals surface area (Å²) in [7, 11) is 0. The lowest BCUT2D eigenvalue weighted by Crippen LogP contribution is -2.36. The lowest BCUT2D eigenvalue weighted by Gasteiger charge is -2.26. The first-order valence-electron chi connectivity index (χ1n) is 8.44. The number of fused-ring (bicyclic) bond motifs is 1. The third-order valence-electron chi connectivity index (χ3n) is 4.60. The van der Waals surface area contributed by atoms with Crippen LogP contribution in [0.2, 0.25) is 0 Å². The predicted octanol–water partition coefficient (Wildman–Crippen LogP) is 2.84. The van der Waals surface area contributed by atoms with Crippen LogP contribution in [0.4, 0.5) is 0 Å². The summed E-state index contributed by atoms with van der Waals surface area (Å²) in [6.45, 7) is 7.96. The van der Waals surface area contributed by atoms with Crippen molar-refractivity contribution in [3.63, 3.8) is 0 Å². The molecule has 1 aromatic rings. The molecule has 116 valence electrons. The number of ether oxygens (including phenoxy) is 2. The molecule has 1 saturated heterocycles. The number of morpholine rings is 1. The van der Waals surface area contributed by atoms with Crippen LogP contribution in [0.5, 0.6) is 5.75 Å². The van der Waals surface area contributed by atoms with Crippen LogP contribution in [-0.2, 0) is 24.0 Å². The Hall–Kier alpha value is -1.06. The van der Waals surface area contributed by atoms with Gasteiger partial charge in [0.05, 0.1) is 19.8 Å². The van der Waals surface area contributed by atoms with Gasteiger partial charge < -0.3 is 9.47 Å². The second kappa shape index (κ2) is 7.28. The highest BCUT2D eigenvalue weighted by Crippen LogP contribution is 2.30. The van der Waals surface area contributed by atoms with E-state index >= 15 is 0 Å². The van der Waals surface area contributed by atoms with Gasteiger partial charge in [-0.15, -0.1) is 0 Å². The first-order chi connectivity index (χ1) is 10.4. The van der Waals surface area contributed by atoms with Crippen molar-refractivity contribution in [3.8, 4) is 5.75 Å². The molecule has 2 aliphatic rings. The Labute approximate surface area is 128 Å². The van der Waals surface area contributed by atoms with Gasteiger partial charge in [0.2, 0.25) is 0 Å². The van der Waals surface area contributed by atoms with E-state index in [2.05, 4.69) is 24.0 Å². The van der Waals surface area contributed by atoms with E-state index in [1.54, 1.807) is 5.56 Å². The fourth-order valence-corrected chi connectivity index (χ4v) is 3.46. The van der Waals surface area contributed by atoms with Crippen LogP contribution in [0.25, 0.3) is 0 Å². The van der Waals surface area contributed by atoms with E-state index in [1.807, 2.05) is 0 Å². The zero-order valence-electron chi connectivity index (χ0n) is 13.2. The highest BCUT2D eigenvalue weighted by Gasteiger charge is 2.16. The molecule has 1 aliphatic carbocycles. The molecule has 1 heterocycles. The van der Waals surface area contributed by atoms with Crippen molar-refractivity contribution in [1.82, 2.24) is 4.90 Å². The predicted molar refractivity (Wildman–Crippen MR) is 85.2 cm³/mol. The van der Waals surface area contributed by atoms with Gasteiger partial charge in [0.15, 0.2) is 0 Å². The van der Waals surface area contributed by atoms with Gasteiger partial charge in [0, 0.05) is 13.1 Å². The average Bonchev–Trinajstić information content (AvgIpc) is 2.96. The standard InChI is InChI=1S/C18H27NO2/c1-2-21-18-14-16-6-3-5-15(16)13-17(18)7-4-8-19-9-11-20-12-10-19/h13-14H,2-12H2,1H3. The van der Waals surface area contributed by atoms with Crippen LogP contribution in [0, 0.1) is 0 Å². The van der Waals surface area contributed by atoms with Crippen molar-refractivity contribution < 1.29 is 9.47 Å². The van der Waals surface area contributed by atoms with Crippen LogP contribution in [0.15, 0.2) is 12.1 Å². The summed E-state index contributed by atoms with van der Waals surface area (Å²) in [6, 6.07) is 4.71. The fourth-order valence-electron chi connectivity index (χ4n) is 3.46. The zero-order valence-corrected chi connectivity index (χ0v) is 13.2. The fraction of sp³-hybridized carbons (Fsp3) is 0.667. The third kappa shape index (κ3) is 3.78. The minimum Gasteiger partial charge on any atom is -0.494 e. The lowest BCUT2D eigenvalue weighted by atomic mass is 10.0. The van der Waals surface area contributed by atoms with Crippen LogP contribution >= 0.6 is 0 Å². The molecule has 0 bridgehead atoms. The Morgan fingerprint density at radius 1 is 1.14 bits per heavy atom. The molecule has 3 heteroatoms. The van der Waals surface area contributed by atoms with Crippen LogP contribution in [0.1, 0.15) is 36.5 Å². The van der Waals surface area contributed by atoms with Crippen molar-refractivity contribution in [2.75, 3.05) is 39.5 Å². The Balaban J connectivity index is 1.60. The van der Waals surface area contributed by atoms with E-state index in [9.17, 15) is 0 Å². The molecule has 0 atom stereocenters. The lowest BCUT2D eigenvalue weighted by molar-refractivity contribution is 0.0374. The van der Waals surface area contributed by atoms with Gasteiger partial charge in [-0.3, -0.25) is 4.90 Å². The number of nitrogens with zero attached hydrogens (tertiary/aromatic N) is 1. The summed E-state index contributed by atoms with van der Waals surface area (Å²) in [6.07, 6.45) is 6.11.